The van der Waals surface area contributed by atoms with Crippen LogP contribution in [-0.4, -0.2) is 41.6 Å². The van der Waals surface area contributed by atoms with E-state index in [0.717, 1.165) is 0 Å². The summed E-state index contributed by atoms with van der Waals surface area (Å²) in [5.41, 5.74) is 2.69. The smallest absolute Gasteiger partial charge is 0.396 e. The second-order valence-electron chi connectivity index (χ2n) is 14.7. The Labute approximate surface area is 243 Å². The SMILES string of the molecule is CC(C)[Si](Cl)(O[Si](O[Si](C)(C)C)(O[Si](C(C)C)(C(C)C)C(C)C)O[Si](C(C)C)(C(C)C)C(C)C)C(C)C. The lowest BCUT2D eigenvalue weighted by molar-refractivity contribution is 0.132. The molecule has 0 radical (unpaired) electrons. The van der Waals surface area contributed by atoms with E-state index in [-0.39, 0.29) is 11.1 Å². The van der Waals surface area contributed by atoms with Crippen LogP contribution < -0.4 is 0 Å². The third-order valence-electron chi connectivity index (χ3n) is 8.30. The Hall–Kier alpha value is 1.21. The van der Waals surface area contributed by atoms with Crippen molar-refractivity contribution in [2.24, 2.45) is 0 Å². The number of hydrogen-bond acceptors (Lipinski definition) is 4. The number of hydrogen-bond donors (Lipinski definition) is 0. The minimum absolute atomic E-state index is 0.194. The van der Waals surface area contributed by atoms with Gasteiger partial charge in [0.2, 0.25) is 0 Å². The maximum Gasteiger partial charge on any atom is 0.637 e. The first kappa shape index (κ1) is 38.2. The minimum Gasteiger partial charge on any atom is -0.396 e. The Morgan fingerprint density at radius 2 is 0.622 bits per heavy atom. The highest BCUT2D eigenvalue weighted by Crippen LogP contribution is 2.51. The average Bonchev–Trinajstić information content (AvgIpc) is 2.66. The summed E-state index contributed by atoms with van der Waals surface area (Å²) in [6, 6.07) is 0. The molecule has 0 unspecified atom stereocenters. The molecule has 0 saturated carbocycles. The lowest BCUT2D eigenvalue weighted by atomic mass is 10.5. The van der Waals surface area contributed by atoms with Crippen molar-refractivity contribution < 1.29 is 16.5 Å². The van der Waals surface area contributed by atoms with Crippen LogP contribution in [0.4, 0.5) is 0 Å². The first-order valence-corrected chi connectivity index (χ1v) is 27.3. The maximum absolute atomic E-state index is 7.72. The van der Waals surface area contributed by atoms with Crippen LogP contribution >= 0.6 is 11.1 Å². The summed E-state index contributed by atoms with van der Waals surface area (Å²) in [5.74, 6) is 0. The van der Waals surface area contributed by atoms with Crippen LogP contribution in [0.2, 0.25) is 64.0 Å². The molecule has 0 rings (SSSR count). The normalized spacial score (nSPS) is 15.2. The second-order valence-corrected chi connectivity index (χ2v) is 39.0. The van der Waals surface area contributed by atoms with Crippen molar-refractivity contribution in [2.75, 3.05) is 0 Å². The summed E-state index contributed by atoms with van der Waals surface area (Å²) in [7, 11) is -13.6. The highest BCUT2D eigenvalue weighted by Gasteiger charge is 2.66. The minimum atomic E-state index is -3.72. The van der Waals surface area contributed by atoms with E-state index in [9.17, 15) is 0 Å². The standard InChI is InChI=1S/C27H65ClO4Si5/c1-20(2)34(21(3)4,22(5)6)30-37(29-33(17,18)19,32-36(28,26(13)14)27(15)16)31-35(23(7)8,24(9)10)25(11)12/h20-27H,1-19H3. The van der Waals surface area contributed by atoms with Gasteiger partial charge in [0, 0.05) is 0 Å². The van der Waals surface area contributed by atoms with Gasteiger partial charge in [-0.1, -0.05) is 111 Å². The predicted octanol–water partition coefficient (Wildman–Crippen LogP) is 11.2. The molecule has 0 aliphatic rings. The Kier molecular flexibility index (Phi) is 14.4. The molecule has 0 heterocycles. The quantitative estimate of drug-likeness (QED) is 0.126. The van der Waals surface area contributed by atoms with Gasteiger partial charge in [0.05, 0.1) is 0 Å². The van der Waals surface area contributed by atoms with Gasteiger partial charge in [-0.15, -0.1) is 11.1 Å². The average molecular weight is 630 g/mol. The molecule has 10 heteroatoms. The van der Waals surface area contributed by atoms with E-state index in [1.165, 1.54) is 0 Å². The van der Waals surface area contributed by atoms with Crippen LogP contribution in [0.25, 0.3) is 0 Å². The van der Waals surface area contributed by atoms with Gasteiger partial charge in [0.25, 0.3) is 7.63 Å². The Morgan fingerprint density at radius 3 is 0.784 bits per heavy atom. The van der Waals surface area contributed by atoms with Crippen LogP contribution in [0.3, 0.4) is 0 Å². The van der Waals surface area contributed by atoms with E-state index >= 15 is 0 Å². The molecular formula is C27H65ClO4Si5. The van der Waals surface area contributed by atoms with E-state index in [1.54, 1.807) is 0 Å². The van der Waals surface area contributed by atoms with Crippen LogP contribution in [0.15, 0.2) is 0 Å². The van der Waals surface area contributed by atoms with E-state index in [1.807, 2.05) is 0 Å². The third kappa shape index (κ3) is 8.61. The zero-order chi connectivity index (χ0) is 29.9. The van der Waals surface area contributed by atoms with Gasteiger partial charge < -0.3 is 16.5 Å². The molecule has 0 aromatic heterocycles. The second kappa shape index (κ2) is 13.9. The van der Waals surface area contributed by atoms with Crippen molar-refractivity contribution in [1.29, 1.82) is 0 Å². The van der Waals surface area contributed by atoms with E-state index in [0.29, 0.717) is 33.2 Å². The molecule has 4 nitrogen and oxygen atoms in total. The highest BCUT2D eigenvalue weighted by molar-refractivity contribution is 7.20. The summed E-state index contributed by atoms with van der Waals surface area (Å²) < 4.78 is 30.1. The molecule has 0 saturated heterocycles. The topological polar surface area (TPSA) is 36.9 Å². The van der Waals surface area contributed by atoms with Gasteiger partial charge in [-0.05, 0) is 64.0 Å². The lowest BCUT2D eigenvalue weighted by Crippen LogP contribution is -2.71. The number of rotatable bonds is 16. The summed E-state index contributed by atoms with van der Waals surface area (Å²) in [4.78, 5) is 0. The Morgan fingerprint density at radius 1 is 0.378 bits per heavy atom. The molecule has 0 N–H and O–H groups in total. The fraction of sp³-hybridized carbons (Fsp3) is 1.00. The van der Waals surface area contributed by atoms with Gasteiger partial charge >= 0.3 is 9.05 Å². The van der Waals surface area contributed by atoms with Crippen molar-refractivity contribution >= 4 is 52.7 Å². The molecule has 37 heavy (non-hydrogen) atoms. The summed E-state index contributed by atoms with van der Waals surface area (Å²) in [6.07, 6.45) is 0. The molecule has 0 amide bonds. The predicted molar refractivity (Wildman–Crippen MR) is 177 cm³/mol. The van der Waals surface area contributed by atoms with E-state index in [2.05, 4.69) is 130 Å². The molecule has 0 bridgehead atoms. The van der Waals surface area contributed by atoms with Gasteiger partial charge in [-0.2, -0.15) is 0 Å². The molecule has 0 aliphatic heterocycles. The van der Waals surface area contributed by atoms with Crippen LogP contribution in [0.1, 0.15) is 111 Å². The van der Waals surface area contributed by atoms with E-state index in [4.69, 9.17) is 27.5 Å². The molecule has 0 aromatic rings. The van der Waals surface area contributed by atoms with Crippen molar-refractivity contribution in [1.82, 2.24) is 0 Å². The summed E-state index contributed by atoms with van der Waals surface area (Å²) >= 11 is 7.62. The molecule has 224 valence electrons. The van der Waals surface area contributed by atoms with Gasteiger partial charge in [-0.3, -0.25) is 0 Å². The van der Waals surface area contributed by atoms with Crippen LogP contribution in [0.5, 0.6) is 0 Å². The first-order chi connectivity index (χ1) is 16.4. The summed E-state index contributed by atoms with van der Waals surface area (Å²) in [6.45, 7) is 43.4. The van der Waals surface area contributed by atoms with Crippen molar-refractivity contribution in [3.63, 3.8) is 0 Å². The zero-order valence-electron chi connectivity index (χ0n) is 28.1. The monoisotopic (exact) mass is 628 g/mol. The fourth-order valence-corrected chi connectivity index (χ4v) is 35.7. The highest BCUT2D eigenvalue weighted by atomic mass is 35.6. The van der Waals surface area contributed by atoms with Crippen LogP contribution in [-0.2, 0) is 16.5 Å². The molecule has 0 aliphatic carbocycles. The zero-order valence-corrected chi connectivity index (χ0v) is 33.9. The summed E-state index contributed by atoms with van der Waals surface area (Å²) in [5, 5.41) is 0. The van der Waals surface area contributed by atoms with Crippen molar-refractivity contribution in [3.8, 4) is 0 Å². The van der Waals surface area contributed by atoms with Gasteiger partial charge in [0.1, 0.15) is 0 Å². The molecule has 0 atom stereocenters. The fourth-order valence-electron chi connectivity index (χ4n) is 6.73. The maximum atomic E-state index is 7.72. The van der Waals surface area contributed by atoms with Crippen molar-refractivity contribution in [3.05, 3.63) is 0 Å². The van der Waals surface area contributed by atoms with Crippen LogP contribution in [0, 0.1) is 0 Å². The molecule has 0 spiro atoms. The van der Waals surface area contributed by atoms with Gasteiger partial charge in [-0.25, -0.2) is 0 Å². The third-order valence-corrected chi connectivity index (χ3v) is 36.1. The largest absolute Gasteiger partial charge is 0.637 e. The lowest BCUT2D eigenvalue weighted by Gasteiger charge is -2.54. The molecule has 0 fully saturated rings. The first-order valence-electron chi connectivity index (χ1n) is 14.9. The number of halogens is 1. The Balaban J connectivity index is 7.78. The van der Waals surface area contributed by atoms with Gasteiger partial charge in [0.15, 0.2) is 25.0 Å². The van der Waals surface area contributed by atoms with Crippen molar-refractivity contribution in [2.45, 2.75) is 175 Å². The van der Waals surface area contributed by atoms with E-state index < -0.39 is 41.6 Å². The molecular weight excluding hydrogens is 564 g/mol. The Bertz CT molecular complexity index is 605. The molecule has 0 aromatic carbocycles.